The Labute approximate surface area is 158 Å². The maximum atomic E-state index is 13.1. The van der Waals surface area contributed by atoms with E-state index in [1.165, 1.54) is 0 Å². The van der Waals surface area contributed by atoms with Gasteiger partial charge in [0.05, 0.1) is 13.2 Å². The van der Waals surface area contributed by atoms with Gasteiger partial charge in [0.25, 0.3) is 5.91 Å². The zero-order valence-corrected chi connectivity index (χ0v) is 15.4. The largest absolute Gasteiger partial charge is 0.381 e. The van der Waals surface area contributed by atoms with E-state index in [0.717, 1.165) is 31.6 Å². The summed E-state index contributed by atoms with van der Waals surface area (Å²) < 4.78 is 16.5. The summed E-state index contributed by atoms with van der Waals surface area (Å²) in [6, 6.07) is 9.65. The minimum atomic E-state index is -0.136. The standard InChI is InChI=1S/C20H25N3O4/c24-20(21-14-15-6-10-25-11-7-15)17-18(16-4-2-1-3-5-16)27-22-19(17)23-8-12-26-13-9-23/h1-5,15H,6-14H2,(H,21,24). The number of hydrogen-bond donors (Lipinski definition) is 1. The summed E-state index contributed by atoms with van der Waals surface area (Å²) in [5, 5.41) is 7.34. The van der Waals surface area contributed by atoms with Crippen molar-refractivity contribution in [1.29, 1.82) is 0 Å². The van der Waals surface area contributed by atoms with Crippen molar-refractivity contribution < 1.29 is 18.8 Å². The molecule has 0 bridgehead atoms. The molecular formula is C20H25N3O4. The van der Waals surface area contributed by atoms with Crippen LogP contribution in [0.4, 0.5) is 5.82 Å². The van der Waals surface area contributed by atoms with Crippen LogP contribution < -0.4 is 10.2 Å². The molecule has 0 unspecified atom stereocenters. The van der Waals surface area contributed by atoms with Gasteiger partial charge in [0.2, 0.25) is 0 Å². The van der Waals surface area contributed by atoms with Crippen LogP contribution in [0.2, 0.25) is 0 Å². The summed E-state index contributed by atoms with van der Waals surface area (Å²) in [6.07, 6.45) is 1.96. The normalized spacial score (nSPS) is 18.4. The molecule has 7 heteroatoms. The number of nitrogens with zero attached hydrogens (tertiary/aromatic N) is 2. The molecule has 7 nitrogen and oxygen atoms in total. The Morgan fingerprint density at radius 2 is 1.78 bits per heavy atom. The van der Waals surface area contributed by atoms with Crippen LogP contribution in [0.1, 0.15) is 23.2 Å². The van der Waals surface area contributed by atoms with E-state index in [1.54, 1.807) is 0 Å². The lowest BCUT2D eigenvalue weighted by atomic mass is 10.00. The lowest BCUT2D eigenvalue weighted by molar-refractivity contribution is 0.0642. The number of aromatic nitrogens is 1. The second-order valence-electron chi connectivity index (χ2n) is 6.94. The molecule has 0 spiro atoms. The molecule has 1 aromatic carbocycles. The molecule has 144 valence electrons. The number of amides is 1. The van der Waals surface area contributed by atoms with Crippen molar-refractivity contribution in [2.24, 2.45) is 5.92 Å². The van der Waals surface area contributed by atoms with Crippen LogP contribution in [-0.2, 0) is 9.47 Å². The monoisotopic (exact) mass is 371 g/mol. The molecule has 1 aromatic heterocycles. The molecule has 1 amide bonds. The average Bonchev–Trinajstić information content (AvgIpc) is 3.19. The number of carbonyl (C=O) groups is 1. The lowest BCUT2D eigenvalue weighted by Gasteiger charge is -2.27. The molecule has 2 aliphatic rings. The quantitative estimate of drug-likeness (QED) is 0.869. The van der Waals surface area contributed by atoms with Crippen molar-refractivity contribution in [1.82, 2.24) is 10.5 Å². The Bertz CT molecular complexity index is 750. The number of rotatable bonds is 5. The molecule has 2 fully saturated rings. The van der Waals surface area contributed by atoms with E-state index in [1.807, 2.05) is 30.3 Å². The van der Waals surface area contributed by atoms with E-state index in [9.17, 15) is 4.79 Å². The molecule has 0 radical (unpaired) electrons. The van der Waals surface area contributed by atoms with Crippen molar-refractivity contribution in [3.8, 4) is 11.3 Å². The molecule has 2 aromatic rings. The Morgan fingerprint density at radius 3 is 2.52 bits per heavy atom. The van der Waals surface area contributed by atoms with Gasteiger partial charge in [-0.25, -0.2) is 0 Å². The fraction of sp³-hybridized carbons (Fsp3) is 0.500. The van der Waals surface area contributed by atoms with E-state index in [4.69, 9.17) is 14.0 Å². The first-order valence-electron chi connectivity index (χ1n) is 9.56. The van der Waals surface area contributed by atoms with Crippen LogP contribution in [0, 0.1) is 5.92 Å². The highest BCUT2D eigenvalue weighted by Gasteiger charge is 2.29. The van der Waals surface area contributed by atoms with Gasteiger partial charge in [-0.05, 0) is 18.8 Å². The minimum absolute atomic E-state index is 0.136. The molecule has 4 rings (SSSR count). The molecule has 0 atom stereocenters. The van der Waals surface area contributed by atoms with E-state index >= 15 is 0 Å². The number of carbonyl (C=O) groups excluding carboxylic acids is 1. The second kappa shape index (κ2) is 8.54. The number of nitrogens with one attached hydrogen (secondary N) is 1. The molecular weight excluding hydrogens is 346 g/mol. The predicted octanol–water partition coefficient (Wildman–Crippen LogP) is 2.33. The fourth-order valence-electron chi connectivity index (χ4n) is 3.54. The summed E-state index contributed by atoms with van der Waals surface area (Å²) in [7, 11) is 0. The first-order chi connectivity index (χ1) is 13.3. The first-order valence-corrected chi connectivity index (χ1v) is 9.56. The fourth-order valence-corrected chi connectivity index (χ4v) is 3.54. The van der Waals surface area contributed by atoms with E-state index in [-0.39, 0.29) is 5.91 Å². The van der Waals surface area contributed by atoms with Gasteiger partial charge in [0.1, 0.15) is 5.56 Å². The number of benzene rings is 1. The molecule has 0 saturated carbocycles. The molecule has 2 saturated heterocycles. The van der Waals surface area contributed by atoms with Crippen LogP contribution in [0.5, 0.6) is 0 Å². The Balaban J connectivity index is 1.59. The second-order valence-corrected chi connectivity index (χ2v) is 6.94. The topological polar surface area (TPSA) is 76.8 Å². The maximum Gasteiger partial charge on any atom is 0.259 e. The first kappa shape index (κ1) is 18.0. The Morgan fingerprint density at radius 1 is 1.07 bits per heavy atom. The van der Waals surface area contributed by atoms with Gasteiger partial charge in [-0.1, -0.05) is 35.5 Å². The molecule has 3 heterocycles. The third-order valence-corrected chi connectivity index (χ3v) is 5.14. The van der Waals surface area contributed by atoms with Crippen LogP contribution in [0.25, 0.3) is 11.3 Å². The van der Waals surface area contributed by atoms with Crippen LogP contribution >= 0.6 is 0 Å². The number of hydrogen-bond acceptors (Lipinski definition) is 6. The summed E-state index contributed by atoms with van der Waals surface area (Å²) in [5.41, 5.74) is 1.36. The highest BCUT2D eigenvalue weighted by molar-refractivity contribution is 6.04. The van der Waals surface area contributed by atoms with Gasteiger partial charge in [0, 0.05) is 38.4 Å². The maximum absolute atomic E-state index is 13.1. The Kier molecular flexibility index (Phi) is 5.69. The van der Waals surface area contributed by atoms with Gasteiger partial charge in [-0.3, -0.25) is 4.79 Å². The van der Waals surface area contributed by atoms with Gasteiger partial charge in [-0.15, -0.1) is 0 Å². The van der Waals surface area contributed by atoms with Gasteiger partial charge in [0.15, 0.2) is 11.6 Å². The van der Waals surface area contributed by atoms with Gasteiger partial charge >= 0.3 is 0 Å². The highest BCUT2D eigenvalue weighted by Crippen LogP contribution is 2.31. The molecule has 27 heavy (non-hydrogen) atoms. The van der Waals surface area contributed by atoms with E-state index < -0.39 is 0 Å². The summed E-state index contributed by atoms with van der Waals surface area (Å²) in [4.78, 5) is 15.2. The third kappa shape index (κ3) is 4.14. The van der Waals surface area contributed by atoms with Gasteiger partial charge in [-0.2, -0.15) is 0 Å². The van der Waals surface area contributed by atoms with Crippen LogP contribution in [-0.4, -0.2) is 57.1 Å². The zero-order valence-electron chi connectivity index (χ0n) is 15.4. The van der Waals surface area contributed by atoms with Crippen molar-refractivity contribution in [3.63, 3.8) is 0 Å². The molecule has 2 aliphatic heterocycles. The number of anilines is 1. The lowest BCUT2D eigenvalue weighted by Crippen LogP contribution is -2.38. The number of ether oxygens (including phenoxy) is 2. The van der Waals surface area contributed by atoms with E-state index in [0.29, 0.717) is 55.9 Å². The molecule has 1 N–H and O–H groups in total. The average molecular weight is 371 g/mol. The van der Waals surface area contributed by atoms with Crippen LogP contribution in [0.3, 0.4) is 0 Å². The Hall–Kier alpha value is -2.38. The summed E-state index contributed by atoms with van der Waals surface area (Å²) >= 11 is 0. The highest BCUT2D eigenvalue weighted by atomic mass is 16.5. The summed E-state index contributed by atoms with van der Waals surface area (Å²) in [5.74, 6) is 1.43. The van der Waals surface area contributed by atoms with Crippen molar-refractivity contribution in [2.45, 2.75) is 12.8 Å². The van der Waals surface area contributed by atoms with Crippen molar-refractivity contribution >= 4 is 11.7 Å². The van der Waals surface area contributed by atoms with Crippen molar-refractivity contribution in [2.75, 3.05) is 51.0 Å². The number of morpholine rings is 1. The minimum Gasteiger partial charge on any atom is -0.381 e. The molecule has 0 aliphatic carbocycles. The SMILES string of the molecule is O=C(NCC1CCOCC1)c1c(N2CCOCC2)noc1-c1ccccc1. The smallest absolute Gasteiger partial charge is 0.259 e. The summed E-state index contributed by atoms with van der Waals surface area (Å²) in [6.45, 7) is 4.81. The van der Waals surface area contributed by atoms with Crippen molar-refractivity contribution in [3.05, 3.63) is 35.9 Å². The third-order valence-electron chi connectivity index (χ3n) is 5.14. The predicted molar refractivity (Wildman–Crippen MR) is 101 cm³/mol. The zero-order chi connectivity index (χ0) is 18.5. The van der Waals surface area contributed by atoms with Crippen LogP contribution in [0.15, 0.2) is 34.9 Å². The van der Waals surface area contributed by atoms with E-state index in [2.05, 4.69) is 15.4 Å². The van der Waals surface area contributed by atoms with Gasteiger partial charge < -0.3 is 24.2 Å².